The van der Waals surface area contributed by atoms with E-state index >= 15 is 0 Å². The summed E-state index contributed by atoms with van der Waals surface area (Å²) in [6, 6.07) is 7.74. The van der Waals surface area contributed by atoms with Crippen molar-refractivity contribution in [1.82, 2.24) is 0 Å². The summed E-state index contributed by atoms with van der Waals surface area (Å²) in [6.45, 7) is 19.4. The van der Waals surface area contributed by atoms with Crippen molar-refractivity contribution in [3.63, 3.8) is 0 Å². The zero-order valence-electron chi connectivity index (χ0n) is 17.7. The van der Waals surface area contributed by atoms with Gasteiger partial charge in [0.1, 0.15) is 0 Å². The topological polar surface area (TPSA) is 23.8 Å². The molecule has 0 aromatic heterocycles. The molecular weight excluding hydrogens is 544 g/mol. The van der Waals surface area contributed by atoms with E-state index in [0.717, 1.165) is 15.1 Å². The Balaban J connectivity index is -0.000000148. The van der Waals surface area contributed by atoms with Crippen molar-refractivity contribution in [2.45, 2.75) is 67.0 Å². The molecule has 0 heterocycles. The molecule has 0 fully saturated rings. The summed E-state index contributed by atoms with van der Waals surface area (Å²) in [7, 11) is 1.08. The molecule has 0 saturated carbocycles. The normalized spacial score (nSPS) is 15.0. The monoisotopic (exact) mass is 579 g/mol. The minimum absolute atomic E-state index is 0. The van der Waals surface area contributed by atoms with Crippen molar-refractivity contribution < 1.29 is 25.8 Å². The molecule has 1 atom stereocenters. The molecule has 1 aromatic rings. The molecule has 148 valence electrons. The van der Waals surface area contributed by atoms with Crippen molar-refractivity contribution in [2.24, 2.45) is 5.92 Å². The van der Waals surface area contributed by atoms with E-state index in [-0.39, 0.29) is 56.1 Å². The number of hydrogen-bond acceptors (Lipinski definition) is 0. The van der Waals surface area contributed by atoms with Crippen LogP contribution in [-0.4, -0.2) is 9.52 Å². The summed E-state index contributed by atoms with van der Waals surface area (Å²) in [5, 5.41) is 0. The molecule has 1 unspecified atom stereocenters. The van der Waals surface area contributed by atoms with Gasteiger partial charge < -0.3 is 5.73 Å². The van der Waals surface area contributed by atoms with Crippen LogP contribution in [0.1, 0.15) is 54.0 Å². The van der Waals surface area contributed by atoms with E-state index in [1.54, 1.807) is 0 Å². The Hall–Kier alpha value is 0.167. The number of nitrogens with one attached hydrogen (secondary N) is 1. The Morgan fingerprint density at radius 1 is 1.00 bits per heavy atom. The molecule has 1 aromatic carbocycles. The van der Waals surface area contributed by atoms with Gasteiger partial charge in [0, 0.05) is 35.4 Å². The zero-order valence-corrected chi connectivity index (χ0v) is 23.9. The van der Waals surface area contributed by atoms with E-state index in [0.29, 0.717) is 11.6 Å². The van der Waals surface area contributed by atoms with Gasteiger partial charge >= 0.3 is 0 Å². The van der Waals surface area contributed by atoms with Gasteiger partial charge in [0.25, 0.3) is 0 Å². The fourth-order valence-corrected chi connectivity index (χ4v) is 2.30. The molecule has 1 N–H and O–H groups in total. The second-order valence-corrected chi connectivity index (χ2v) is 8.09. The first kappa shape index (κ1) is 33.7. The molecule has 0 aliphatic heterocycles. The summed E-state index contributed by atoms with van der Waals surface area (Å²) >= 11 is 0. The number of benzene rings is 1. The SMILES string of the molecule is CC(C)(C)c1ccccc1[NH-].CC1=[C-]C(C)C(C)=C1C.C[Si]C.Cl.Cl.[Hf]. The third kappa shape index (κ3) is 11.8. The Labute approximate surface area is 196 Å². The van der Waals surface area contributed by atoms with Crippen molar-refractivity contribution in [2.75, 3.05) is 0 Å². The Bertz CT molecular complexity index is 563. The molecular formula is C21H35Cl2HfNSi-2. The predicted molar refractivity (Wildman–Crippen MR) is 121 cm³/mol. The quantitative estimate of drug-likeness (QED) is 0.220. The summed E-state index contributed by atoms with van der Waals surface area (Å²) in [5.41, 5.74) is 13.7. The van der Waals surface area contributed by atoms with Crippen LogP contribution in [0.2, 0.25) is 13.1 Å². The average molecular weight is 579 g/mol. The van der Waals surface area contributed by atoms with Crippen LogP contribution in [0.4, 0.5) is 5.69 Å². The van der Waals surface area contributed by atoms with Crippen LogP contribution in [-0.2, 0) is 31.3 Å². The maximum atomic E-state index is 7.63. The minimum Gasteiger partial charge on any atom is -0.698 e. The molecule has 1 aliphatic carbocycles. The molecule has 0 amide bonds. The molecule has 1 aliphatic rings. The molecule has 5 heteroatoms. The van der Waals surface area contributed by atoms with Gasteiger partial charge in [-0.1, -0.05) is 90.4 Å². The van der Waals surface area contributed by atoms with Crippen LogP contribution in [0.25, 0.3) is 5.73 Å². The second-order valence-electron chi connectivity index (χ2n) is 7.09. The average Bonchev–Trinajstić information content (AvgIpc) is 2.66. The van der Waals surface area contributed by atoms with Crippen LogP contribution in [0.3, 0.4) is 0 Å². The summed E-state index contributed by atoms with van der Waals surface area (Å²) in [4.78, 5) is 0. The maximum Gasteiger partial charge on any atom is 0.0307 e. The summed E-state index contributed by atoms with van der Waals surface area (Å²) in [5.74, 6) is 0.560. The van der Waals surface area contributed by atoms with Crippen molar-refractivity contribution in [3.8, 4) is 0 Å². The maximum absolute atomic E-state index is 7.63. The molecule has 2 radical (unpaired) electrons. The van der Waals surface area contributed by atoms with Crippen LogP contribution >= 0.6 is 24.8 Å². The van der Waals surface area contributed by atoms with E-state index < -0.39 is 0 Å². The predicted octanol–water partition coefficient (Wildman–Crippen LogP) is 8.02. The largest absolute Gasteiger partial charge is 0.698 e. The molecule has 2 rings (SSSR count). The zero-order chi connectivity index (χ0) is 18.2. The van der Waals surface area contributed by atoms with Crippen molar-refractivity contribution >= 4 is 40.0 Å². The fourth-order valence-electron chi connectivity index (χ4n) is 2.30. The number of halogens is 2. The van der Waals surface area contributed by atoms with E-state index in [9.17, 15) is 0 Å². The number of rotatable bonds is 0. The van der Waals surface area contributed by atoms with Gasteiger partial charge in [-0.25, -0.2) is 5.57 Å². The fraction of sp³-hybridized carbons (Fsp3) is 0.524. The molecule has 26 heavy (non-hydrogen) atoms. The van der Waals surface area contributed by atoms with Gasteiger partial charge in [0.2, 0.25) is 0 Å². The smallest absolute Gasteiger partial charge is 0.0307 e. The van der Waals surface area contributed by atoms with Gasteiger partial charge in [-0.05, 0) is 5.41 Å². The first-order valence-electron chi connectivity index (χ1n) is 8.23. The van der Waals surface area contributed by atoms with Crippen LogP contribution in [0.5, 0.6) is 0 Å². The van der Waals surface area contributed by atoms with Crippen LogP contribution in [0.15, 0.2) is 41.0 Å². The molecule has 0 bridgehead atoms. The van der Waals surface area contributed by atoms with E-state index in [1.807, 2.05) is 24.3 Å². The molecule has 0 saturated heterocycles. The number of allylic oxidation sites excluding steroid dienone is 4. The van der Waals surface area contributed by atoms with Crippen molar-refractivity contribution in [3.05, 3.63) is 58.4 Å². The second kappa shape index (κ2) is 16.2. The Morgan fingerprint density at radius 3 is 1.62 bits per heavy atom. The first-order chi connectivity index (χ1) is 10.6. The summed E-state index contributed by atoms with van der Waals surface area (Å²) < 4.78 is 0. The van der Waals surface area contributed by atoms with E-state index in [1.165, 1.54) is 16.7 Å². The van der Waals surface area contributed by atoms with Gasteiger partial charge in [-0.15, -0.1) is 37.4 Å². The van der Waals surface area contributed by atoms with Crippen LogP contribution in [0, 0.1) is 12.0 Å². The van der Waals surface area contributed by atoms with Gasteiger partial charge in [0.15, 0.2) is 0 Å². The van der Waals surface area contributed by atoms with Crippen LogP contribution < -0.4 is 0 Å². The first-order valence-corrected chi connectivity index (χ1v) is 10.2. The van der Waals surface area contributed by atoms with E-state index in [2.05, 4.69) is 67.6 Å². The summed E-state index contributed by atoms with van der Waals surface area (Å²) in [6.07, 6.45) is 3.36. The van der Waals surface area contributed by atoms with Crippen molar-refractivity contribution in [1.29, 1.82) is 0 Å². The van der Waals surface area contributed by atoms with Gasteiger partial charge in [0.05, 0.1) is 0 Å². The Kier molecular flexibility index (Phi) is 21.0. The Morgan fingerprint density at radius 2 is 1.42 bits per heavy atom. The third-order valence-corrected chi connectivity index (χ3v) is 3.97. The molecule has 0 spiro atoms. The standard InChI is InChI=1S/C10H14N.C9H13.C2H6Si.2ClH.Hf/c1-10(2,3)8-6-4-5-7-9(8)11;1-6-5-7(2)9(4)8(6)3;1-3-2;;;/h4-7,11H,1-3H3;6H,1-4H3;1-2H3;2*1H;/q2*-1;;;;. The van der Waals surface area contributed by atoms with Gasteiger partial charge in [-0.2, -0.15) is 11.1 Å². The van der Waals surface area contributed by atoms with E-state index in [4.69, 9.17) is 5.73 Å². The minimum atomic E-state index is 0. The van der Waals surface area contributed by atoms with Gasteiger partial charge in [-0.3, -0.25) is 6.08 Å². The third-order valence-electron chi connectivity index (χ3n) is 3.97. The number of hydrogen-bond donors (Lipinski definition) is 0. The molecule has 1 nitrogen and oxygen atoms in total.